The molecule has 1 aliphatic carbocycles. The van der Waals surface area contributed by atoms with Crippen molar-refractivity contribution in [3.05, 3.63) is 23.0 Å². The minimum atomic E-state index is -0.0602. The Kier molecular flexibility index (Phi) is 5.38. The van der Waals surface area contributed by atoms with E-state index in [-0.39, 0.29) is 12.0 Å². The SMILES string of the molecule is Cc1nn(C)c2nc(C3CC3)cc(C(=O)NCC3CN(CC(C)C)CCO3)c12. The first-order chi connectivity index (χ1) is 13.4. The molecule has 1 unspecified atom stereocenters. The van der Waals surface area contributed by atoms with Crippen molar-refractivity contribution in [1.82, 2.24) is 25.0 Å². The fourth-order valence-corrected chi connectivity index (χ4v) is 4.12. The minimum absolute atomic E-state index is 0.0340. The highest BCUT2D eigenvalue weighted by Gasteiger charge is 2.29. The van der Waals surface area contributed by atoms with Gasteiger partial charge in [0.2, 0.25) is 0 Å². The van der Waals surface area contributed by atoms with Gasteiger partial charge in [-0.05, 0) is 31.7 Å². The molecule has 2 fully saturated rings. The van der Waals surface area contributed by atoms with Gasteiger partial charge in [-0.1, -0.05) is 13.8 Å². The molecule has 1 atom stereocenters. The second kappa shape index (κ2) is 7.79. The number of morpholine rings is 1. The maximum Gasteiger partial charge on any atom is 0.252 e. The molecule has 0 bridgehead atoms. The summed E-state index contributed by atoms with van der Waals surface area (Å²) in [5.74, 6) is 1.06. The predicted molar refractivity (Wildman–Crippen MR) is 109 cm³/mol. The number of pyridine rings is 1. The van der Waals surface area contributed by atoms with Gasteiger partial charge in [0.1, 0.15) is 0 Å². The monoisotopic (exact) mass is 385 g/mol. The minimum Gasteiger partial charge on any atom is -0.374 e. The number of nitrogens with zero attached hydrogens (tertiary/aromatic N) is 4. The van der Waals surface area contributed by atoms with Crippen LogP contribution in [0.5, 0.6) is 0 Å². The van der Waals surface area contributed by atoms with E-state index in [0.717, 1.165) is 61.5 Å². The third kappa shape index (κ3) is 4.05. The first kappa shape index (κ1) is 19.3. The van der Waals surface area contributed by atoms with Crippen molar-refractivity contribution in [2.75, 3.05) is 32.8 Å². The second-order valence-electron chi connectivity index (χ2n) is 8.63. The highest BCUT2D eigenvalue weighted by molar-refractivity contribution is 6.06. The van der Waals surface area contributed by atoms with Gasteiger partial charge < -0.3 is 10.1 Å². The van der Waals surface area contributed by atoms with Crippen LogP contribution in [0.3, 0.4) is 0 Å². The third-order valence-corrected chi connectivity index (χ3v) is 5.57. The Morgan fingerprint density at radius 1 is 1.39 bits per heavy atom. The van der Waals surface area contributed by atoms with Crippen LogP contribution >= 0.6 is 0 Å². The number of fused-ring (bicyclic) bond motifs is 1. The average Bonchev–Trinajstić information content (AvgIpc) is 3.46. The van der Waals surface area contributed by atoms with Gasteiger partial charge in [0, 0.05) is 44.8 Å². The lowest BCUT2D eigenvalue weighted by Crippen LogP contribution is -2.48. The van der Waals surface area contributed by atoms with E-state index in [1.54, 1.807) is 4.68 Å². The topological polar surface area (TPSA) is 72.3 Å². The Hall–Kier alpha value is -1.99. The van der Waals surface area contributed by atoms with Gasteiger partial charge in [0.05, 0.1) is 29.4 Å². The van der Waals surface area contributed by atoms with Crippen LogP contribution in [0.4, 0.5) is 0 Å². The summed E-state index contributed by atoms with van der Waals surface area (Å²) in [6, 6.07) is 1.97. The van der Waals surface area contributed by atoms with Crippen molar-refractivity contribution >= 4 is 16.9 Å². The molecule has 2 aromatic heterocycles. The lowest BCUT2D eigenvalue weighted by Gasteiger charge is -2.34. The van der Waals surface area contributed by atoms with Crippen molar-refractivity contribution in [3.8, 4) is 0 Å². The zero-order valence-corrected chi connectivity index (χ0v) is 17.4. The number of rotatable bonds is 6. The molecule has 0 spiro atoms. The van der Waals surface area contributed by atoms with Crippen molar-refractivity contribution < 1.29 is 9.53 Å². The Bertz CT molecular complexity index is 871. The number of carbonyl (C=O) groups is 1. The van der Waals surface area contributed by atoms with Crippen molar-refractivity contribution in [3.63, 3.8) is 0 Å². The van der Waals surface area contributed by atoms with Gasteiger partial charge in [-0.3, -0.25) is 14.4 Å². The first-order valence-electron chi connectivity index (χ1n) is 10.4. The van der Waals surface area contributed by atoms with Crippen LogP contribution < -0.4 is 5.32 Å². The summed E-state index contributed by atoms with van der Waals surface area (Å²) in [5.41, 5.74) is 3.34. The largest absolute Gasteiger partial charge is 0.374 e. The van der Waals surface area contributed by atoms with E-state index in [0.29, 0.717) is 23.9 Å². The van der Waals surface area contributed by atoms with E-state index in [2.05, 4.69) is 29.2 Å². The zero-order valence-electron chi connectivity index (χ0n) is 17.4. The van der Waals surface area contributed by atoms with E-state index in [1.165, 1.54) is 0 Å². The summed E-state index contributed by atoms with van der Waals surface area (Å²) in [6.45, 7) is 10.5. The highest BCUT2D eigenvalue weighted by Crippen LogP contribution is 2.40. The molecule has 2 aromatic rings. The quantitative estimate of drug-likeness (QED) is 0.826. The molecule has 1 aliphatic heterocycles. The Balaban J connectivity index is 1.49. The van der Waals surface area contributed by atoms with Crippen LogP contribution in [-0.4, -0.2) is 64.5 Å². The molecule has 1 saturated heterocycles. The standard InChI is InChI=1S/C21H31N5O2/c1-13(2)11-26-7-8-28-16(12-26)10-22-21(27)17-9-18(15-5-6-15)23-20-19(17)14(3)24-25(20)4/h9,13,15-16H,5-8,10-12H2,1-4H3,(H,22,27). The summed E-state index contributed by atoms with van der Waals surface area (Å²) in [5, 5.41) is 8.44. The van der Waals surface area contributed by atoms with Crippen LogP contribution in [0, 0.1) is 12.8 Å². The van der Waals surface area contributed by atoms with Gasteiger partial charge in [-0.15, -0.1) is 0 Å². The molecular formula is C21H31N5O2. The molecule has 1 saturated carbocycles. The molecule has 1 N–H and O–H groups in total. The lowest BCUT2D eigenvalue weighted by molar-refractivity contribution is -0.0295. The average molecular weight is 386 g/mol. The lowest BCUT2D eigenvalue weighted by atomic mass is 10.1. The van der Waals surface area contributed by atoms with E-state index < -0.39 is 0 Å². The molecule has 152 valence electrons. The normalized spacial score (nSPS) is 20.8. The summed E-state index contributed by atoms with van der Waals surface area (Å²) in [4.78, 5) is 20.3. The Labute approximate surface area is 166 Å². The van der Waals surface area contributed by atoms with Crippen LogP contribution in [0.1, 0.15) is 54.4 Å². The molecule has 28 heavy (non-hydrogen) atoms. The molecular weight excluding hydrogens is 354 g/mol. The van der Waals surface area contributed by atoms with Crippen molar-refractivity contribution in [2.24, 2.45) is 13.0 Å². The van der Waals surface area contributed by atoms with E-state index in [4.69, 9.17) is 9.72 Å². The molecule has 4 rings (SSSR count). The van der Waals surface area contributed by atoms with Gasteiger partial charge >= 0.3 is 0 Å². The fourth-order valence-electron chi connectivity index (χ4n) is 4.12. The Morgan fingerprint density at radius 2 is 2.18 bits per heavy atom. The number of aromatic nitrogens is 3. The smallest absolute Gasteiger partial charge is 0.252 e. The number of ether oxygens (including phenoxy) is 1. The first-order valence-corrected chi connectivity index (χ1v) is 10.4. The maximum atomic E-state index is 13.1. The molecule has 7 nitrogen and oxygen atoms in total. The van der Waals surface area contributed by atoms with Crippen molar-refractivity contribution in [2.45, 2.75) is 45.6 Å². The molecule has 1 amide bonds. The second-order valence-corrected chi connectivity index (χ2v) is 8.63. The molecule has 2 aliphatic rings. The molecule has 7 heteroatoms. The van der Waals surface area contributed by atoms with Crippen molar-refractivity contribution in [1.29, 1.82) is 0 Å². The summed E-state index contributed by atoms with van der Waals surface area (Å²) < 4.78 is 7.66. The van der Waals surface area contributed by atoms with Gasteiger partial charge in [-0.25, -0.2) is 4.98 Å². The predicted octanol–water partition coefficient (Wildman–Crippen LogP) is 2.24. The van der Waals surface area contributed by atoms with Gasteiger partial charge in [0.15, 0.2) is 5.65 Å². The van der Waals surface area contributed by atoms with E-state index >= 15 is 0 Å². The maximum absolute atomic E-state index is 13.1. The van der Waals surface area contributed by atoms with E-state index in [9.17, 15) is 4.79 Å². The van der Waals surface area contributed by atoms with E-state index in [1.807, 2.05) is 20.0 Å². The number of aryl methyl sites for hydroxylation is 2. The number of amides is 1. The molecule has 0 radical (unpaired) electrons. The molecule has 3 heterocycles. The number of hydrogen-bond donors (Lipinski definition) is 1. The fraction of sp³-hybridized carbons (Fsp3) is 0.667. The summed E-state index contributed by atoms with van der Waals surface area (Å²) in [7, 11) is 1.89. The van der Waals surface area contributed by atoms with Crippen LogP contribution in [-0.2, 0) is 11.8 Å². The van der Waals surface area contributed by atoms with Crippen LogP contribution in [0.25, 0.3) is 11.0 Å². The Morgan fingerprint density at radius 3 is 2.89 bits per heavy atom. The highest BCUT2D eigenvalue weighted by atomic mass is 16.5. The zero-order chi connectivity index (χ0) is 19.8. The van der Waals surface area contributed by atoms with Gasteiger partial charge in [0.25, 0.3) is 5.91 Å². The number of hydrogen-bond acceptors (Lipinski definition) is 5. The third-order valence-electron chi connectivity index (χ3n) is 5.57. The summed E-state index contributed by atoms with van der Waals surface area (Å²) in [6.07, 6.45) is 2.34. The van der Waals surface area contributed by atoms with Crippen LogP contribution in [0.15, 0.2) is 6.07 Å². The summed E-state index contributed by atoms with van der Waals surface area (Å²) >= 11 is 0. The number of carbonyl (C=O) groups excluding carboxylic acids is 1. The number of nitrogens with one attached hydrogen (secondary N) is 1. The van der Waals surface area contributed by atoms with Crippen LogP contribution in [0.2, 0.25) is 0 Å². The molecule has 0 aromatic carbocycles. The van der Waals surface area contributed by atoms with Gasteiger partial charge in [-0.2, -0.15) is 5.10 Å².